The summed E-state index contributed by atoms with van der Waals surface area (Å²) in [6, 6.07) is 3.94. The van der Waals surface area contributed by atoms with Crippen LogP contribution < -0.4 is 10.3 Å². The fourth-order valence-electron chi connectivity index (χ4n) is 5.12. The molecule has 1 N–H and O–H groups in total. The van der Waals surface area contributed by atoms with Crippen LogP contribution in [-0.4, -0.2) is 48.6 Å². The molecule has 0 radical (unpaired) electrons. The Kier molecular flexibility index (Phi) is 6.23. The average molecular weight is 444 g/mol. The summed E-state index contributed by atoms with van der Waals surface area (Å²) in [4.78, 5) is 30.6. The number of likely N-dealkylation sites (tertiary alicyclic amines) is 1. The maximum absolute atomic E-state index is 14.0. The number of anilines is 2. The minimum atomic E-state index is -0.981. The molecule has 4 rings (SSSR count). The Balaban J connectivity index is 1.48. The molecular formula is C24H34FN5O2. The highest BCUT2D eigenvalue weighted by molar-refractivity contribution is 5.81. The van der Waals surface area contributed by atoms with Crippen LogP contribution in [0.25, 0.3) is 5.57 Å². The molecule has 174 valence electrons. The number of nitrogens with zero attached hydrogens (tertiary/aromatic N) is 4. The lowest BCUT2D eigenvalue weighted by atomic mass is 9.97. The van der Waals surface area contributed by atoms with Crippen LogP contribution in [0.1, 0.15) is 52.1 Å². The van der Waals surface area contributed by atoms with Crippen molar-refractivity contribution < 1.29 is 9.18 Å². The molecule has 0 bridgehead atoms. The van der Waals surface area contributed by atoms with E-state index in [4.69, 9.17) is 4.98 Å². The second kappa shape index (κ2) is 8.79. The van der Waals surface area contributed by atoms with Gasteiger partial charge in [-0.3, -0.25) is 4.79 Å². The molecule has 1 saturated carbocycles. The minimum Gasteiger partial charge on any atom is -0.381 e. The van der Waals surface area contributed by atoms with Crippen LogP contribution in [0, 0.1) is 28.1 Å². The number of hydrogen-bond donors (Lipinski definition) is 1. The predicted octanol–water partition coefficient (Wildman–Crippen LogP) is 4.66. The van der Waals surface area contributed by atoms with Gasteiger partial charge in [-0.1, -0.05) is 26.8 Å². The maximum atomic E-state index is 14.0. The van der Waals surface area contributed by atoms with Crippen LogP contribution >= 0.6 is 0 Å². The first kappa shape index (κ1) is 22.7. The van der Waals surface area contributed by atoms with E-state index in [1.165, 1.54) is 5.01 Å². The summed E-state index contributed by atoms with van der Waals surface area (Å²) >= 11 is 0. The van der Waals surface area contributed by atoms with Gasteiger partial charge in [0.25, 0.3) is 0 Å². The van der Waals surface area contributed by atoms with Crippen molar-refractivity contribution >= 4 is 23.0 Å². The average Bonchev–Trinajstić information content (AvgIpc) is 3.45. The summed E-state index contributed by atoms with van der Waals surface area (Å²) in [5.41, 5.74) is 2.83. The van der Waals surface area contributed by atoms with E-state index in [9.17, 15) is 14.1 Å². The van der Waals surface area contributed by atoms with Gasteiger partial charge in [0.15, 0.2) is 5.82 Å². The normalized spacial score (nSPS) is 27.3. The first-order chi connectivity index (χ1) is 15.2. The Bertz CT molecular complexity index is 912. The SMILES string of the molecule is CN(N=O)c1nc(C2=CC3CN(C(=O)[C@H]4CCC[C@H]4F)CC3C2)ccc1NCC(C)(C)C. The van der Waals surface area contributed by atoms with Crippen LogP contribution in [-0.2, 0) is 4.79 Å². The quantitative estimate of drug-likeness (QED) is 0.511. The highest BCUT2D eigenvalue weighted by atomic mass is 19.1. The number of allylic oxidation sites excluding steroid dienone is 1. The third-order valence-electron chi connectivity index (χ3n) is 6.89. The zero-order chi connectivity index (χ0) is 23.0. The number of alkyl halides is 1. The van der Waals surface area contributed by atoms with E-state index in [2.05, 4.69) is 37.4 Å². The summed E-state index contributed by atoms with van der Waals surface area (Å²) in [5, 5.41) is 7.68. The number of pyridine rings is 1. The second-order valence-corrected chi connectivity index (χ2v) is 10.7. The third-order valence-corrected chi connectivity index (χ3v) is 6.89. The largest absolute Gasteiger partial charge is 0.381 e. The molecule has 3 aliphatic rings. The van der Waals surface area contributed by atoms with E-state index in [1.807, 2.05) is 17.0 Å². The molecule has 1 amide bonds. The number of carbonyl (C=O) groups is 1. The Hall–Kier alpha value is -2.51. The lowest BCUT2D eigenvalue weighted by molar-refractivity contribution is -0.136. The Morgan fingerprint density at radius 2 is 2.09 bits per heavy atom. The van der Waals surface area contributed by atoms with Gasteiger partial charge in [-0.05, 0) is 60.6 Å². The number of amides is 1. The molecule has 1 saturated heterocycles. The molecule has 0 aromatic carbocycles. The van der Waals surface area contributed by atoms with Crippen molar-refractivity contribution in [3.05, 3.63) is 28.8 Å². The molecular weight excluding hydrogens is 409 g/mol. The van der Waals surface area contributed by atoms with Crippen molar-refractivity contribution in [3.63, 3.8) is 0 Å². The summed E-state index contributed by atoms with van der Waals surface area (Å²) in [5.74, 6) is 0.680. The molecule has 4 atom stereocenters. The number of nitroso groups, excluding NO2 is 1. The van der Waals surface area contributed by atoms with Crippen LogP contribution in [0.3, 0.4) is 0 Å². The van der Waals surface area contributed by atoms with Gasteiger partial charge in [-0.25, -0.2) is 14.4 Å². The van der Waals surface area contributed by atoms with Crippen molar-refractivity contribution in [2.24, 2.45) is 28.5 Å². The summed E-state index contributed by atoms with van der Waals surface area (Å²) in [7, 11) is 1.60. The lowest BCUT2D eigenvalue weighted by Crippen LogP contribution is -2.37. The molecule has 32 heavy (non-hydrogen) atoms. The van der Waals surface area contributed by atoms with Crippen LogP contribution in [0.4, 0.5) is 15.9 Å². The van der Waals surface area contributed by atoms with Crippen molar-refractivity contribution in [2.75, 3.05) is 37.0 Å². The molecule has 8 heteroatoms. The molecule has 0 spiro atoms. The van der Waals surface area contributed by atoms with Crippen LogP contribution in [0.15, 0.2) is 23.5 Å². The minimum absolute atomic E-state index is 0.00674. The highest BCUT2D eigenvalue weighted by Crippen LogP contribution is 2.42. The fourth-order valence-corrected chi connectivity index (χ4v) is 5.12. The van der Waals surface area contributed by atoms with E-state index < -0.39 is 12.1 Å². The van der Waals surface area contributed by atoms with Gasteiger partial charge >= 0.3 is 0 Å². The van der Waals surface area contributed by atoms with Crippen LogP contribution in [0.2, 0.25) is 0 Å². The van der Waals surface area contributed by atoms with E-state index >= 15 is 0 Å². The number of carbonyl (C=O) groups excluding carboxylic acids is 1. The van der Waals surface area contributed by atoms with Gasteiger partial charge in [0.1, 0.15) is 6.17 Å². The summed E-state index contributed by atoms with van der Waals surface area (Å²) in [6.07, 6.45) is 4.05. The Morgan fingerprint density at radius 3 is 2.72 bits per heavy atom. The van der Waals surface area contributed by atoms with E-state index in [-0.39, 0.29) is 17.2 Å². The Morgan fingerprint density at radius 1 is 1.31 bits per heavy atom. The van der Waals surface area contributed by atoms with Crippen molar-refractivity contribution in [1.82, 2.24) is 9.88 Å². The smallest absolute Gasteiger partial charge is 0.228 e. The third kappa shape index (κ3) is 4.64. The fraction of sp³-hybridized carbons (Fsp3) is 0.667. The molecule has 2 fully saturated rings. The zero-order valence-electron chi connectivity index (χ0n) is 19.5. The molecule has 1 aromatic rings. The lowest BCUT2D eigenvalue weighted by Gasteiger charge is -2.23. The predicted molar refractivity (Wildman–Crippen MR) is 125 cm³/mol. The molecule has 2 heterocycles. The Labute approximate surface area is 189 Å². The van der Waals surface area contributed by atoms with Gasteiger partial charge in [-0.15, -0.1) is 4.91 Å². The van der Waals surface area contributed by atoms with Crippen molar-refractivity contribution in [1.29, 1.82) is 0 Å². The van der Waals surface area contributed by atoms with E-state index in [0.717, 1.165) is 36.3 Å². The van der Waals surface area contributed by atoms with Gasteiger partial charge in [0.2, 0.25) is 5.91 Å². The van der Waals surface area contributed by atoms with E-state index in [1.54, 1.807) is 7.05 Å². The van der Waals surface area contributed by atoms with Gasteiger partial charge in [0.05, 0.1) is 22.6 Å². The zero-order valence-corrected chi connectivity index (χ0v) is 19.5. The first-order valence-electron chi connectivity index (χ1n) is 11.6. The molecule has 1 aliphatic heterocycles. The molecule has 1 aromatic heterocycles. The van der Waals surface area contributed by atoms with Gasteiger partial charge in [0, 0.05) is 26.7 Å². The highest BCUT2D eigenvalue weighted by Gasteiger charge is 2.43. The summed E-state index contributed by atoms with van der Waals surface area (Å²) in [6.45, 7) is 8.50. The van der Waals surface area contributed by atoms with Crippen LogP contribution in [0.5, 0.6) is 0 Å². The monoisotopic (exact) mass is 443 g/mol. The maximum Gasteiger partial charge on any atom is 0.228 e. The first-order valence-corrected chi connectivity index (χ1v) is 11.6. The van der Waals surface area contributed by atoms with Gasteiger partial charge < -0.3 is 10.2 Å². The van der Waals surface area contributed by atoms with Crippen molar-refractivity contribution in [2.45, 2.75) is 52.6 Å². The number of hydrogen-bond acceptors (Lipinski definition) is 5. The number of aromatic nitrogens is 1. The van der Waals surface area contributed by atoms with E-state index in [0.29, 0.717) is 37.7 Å². The van der Waals surface area contributed by atoms with Gasteiger partial charge in [-0.2, -0.15) is 0 Å². The van der Waals surface area contributed by atoms with Crippen molar-refractivity contribution in [3.8, 4) is 0 Å². The second-order valence-electron chi connectivity index (χ2n) is 10.7. The number of rotatable bonds is 6. The number of halogens is 1. The standard InChI is InChI=1S/C24H34FN5O2/c1-24(2,3)14-26-21-9-8-20(27-22(21)29(4)28-32)15-10-16-12-30(13-17(16)11-15)23(31)18-6-5-7-19(18)25/h8-10,16-19,26H,5-7,11-14H2,1-4H3/t16?,17?,18-,19+/m0/s1. The molecule has 2 unspecified atom stereocenters. The summed E-state index contributed by atoms with van der Waals surface area (Å²) < 4.78 is 14.0. The number of fused-ring (bicyclic) bond motifs is 1. The topological polar surface area (TPSA) is 77.9 Å². The molecule has 7 nitrogen and oxygen atoms in total. The molecule has 2 aliphatic carbocycles. The number of nitrogens with one attached hydrogen (secondary N) is 1.